The van der Waals surface area contributed by atoms with Crippen molar-refractivity contribution in [2.75, 3.05) is 0 Å². The topological polar surface area (TPSA) is 90.1 Å². The summed E-state index contributed by atoms with van der Waals surface area (Å²) in [4.78, 5) is 15.3. The molecule has 2 aromatic rings. The van der Waals surface area contributed by atoms with Crippen LogP contribution in [0.25, 0.3) is 10.6 Å². The van der Waals surface area contributed by atoms with Crippen LogP contribution in [0.1, 0.15) is 18.2 Å². The third-order valence-electron chi connectivity index (χ3n) is 3.14. The molecule has 0 fully saturated rings. The number of benzene rings is 1. The Kier molecular flexibility index (Phi) is 4.43. The molecule has 0 aliphatic carbocycles. The number of hydrogen-bond acceptors (Lipinski definition) is 5. The molecule has 2 N–H and O–H groups in total. The summed E-state index contributed by atoms with van der Waals surface area (Å²) in [5.74, 6) is -1.12. The van der Waals surface area contributed by atoms with Crippen LogP contribution in [-0.4, -0.2) is 24.6 Å². The smallest absolute Gasteiger partial charge is 0.235 e. The zero-order valence-electron chi connectivity index (χ0n) is 11.7. The van der Waals surface area contributed by atoms with Gasteiger partial charge in [0.2, 0.25) is 5.91 Å². The van der Waals surface area contributed by atoms with E-state index >= 15 is 0 Å². The molecule has 0 unspecified atom stereocenters. The summed E-state index contributed by atoms with van der Waals surface area (Å²) in [6.45, 7) is 3.29. The minimum atomic E-state index is -3.62. The van der Waals surface area contributed by atoms with Crippen molar-refractivity contribution >= 4 is 27.1 Å². The van der Waals surface area contributed by atoms with Crippen LogP contribution in [0.5, 0.6) is 0 Å². The third-order valence-corrected chi connectivity index (χ3v) is 6.09. The van der Waals surface area contributed by atoms with Crippen LogP contribution in [-0.2, 0) is 20.4 Å². The fourth-order valence-electron chi connectivity index (χ4n) is 1.71. The van der Waals surface area contributed by atoms with Crippen LogP contribution >= 0.6 is 11.3 Å². The Morgan fingerprint density at radius 2 is 1.95 bits per heavy atom. The van der Waals surface area contributed by atoms with Crippen LogP contribution in [0.3, 0.4) is 0 Å². The van der Waals surface area contributed by atoms with E-state index in [0.29, 0.717) is 5.69 Å². The lowest BCUT2D eigenvalue weighted by Gasteiger charge is -2.07. The number of aromatic nitrogens is 1. The number of nitrogens with two attached hydrogens (primary N) is 1. The number of primary amides is 1. The van der Waals surface area contributed by atoms with Gasteiger partial charge >= 0.3 is 0 Å². The largest absolute Gasteiger partial charge is 0.369 e. The monoisotopic (exact) mass is 324 g/mol. The Hall–Kier alpha value is -1.73. The second-order valence-electron chi connectivity index (χ2n) is 4.86. The number of sulfone groups is 1. The van der Waals surface area contributed by atoms with Crippen LogP contribution in [0, 0.1) is 6.92 Å². The van der Waals surface area contributed by atoms with Gasteiger partial charge < -0.3 is 5.73 Å². The van der Waals surface area contributed by atoms with Gasteiger partial charge in [-0.15, -0.1) is 11.3 Å². The minimum Gasteiger partial charge on any atom is -0.369 e. The Balaban J connectivity index is 2.21. The van der Waals surface area contributed by atoms with E-state index in [-0.39, 0.29) is 5.75 Å². The maximum atomic E-state index is 12.0. The van der Waals surface area contributed by atoms with E-state index in [1.807, 2.05) is 31.2 Å². The van der Waals surface area contributed by atoms with Crippen molar-refractivity contribution in [1.29, 1.82) is 0 Å². The van der Waals surface area contributed by atoms with Gasteiger partial charge in [-0.2, -0.15) is 0 Å². The summed E-state index contributed by atoms with van der Waals surface area (Å²) in [7, 11) is -3.62. The van der Waals surface area contributed by atoms with Gasteiger partial charge in [-0.3, -0.25) is 4.79 Å². The molecule has 0 aliphatic rings. The molecule has 0 radical (unpaired) electrons. The Labute approximate surface area is 127 Å². The molecule has 2 rings (SSSR count). The predicted octanol–water partition coefficient (Wildman–Crippen LogP) is 1.91. The number of thiazole rings is 1. The average molecular weight is 324 g/mol. The first-order valence-corrected chi connectivity index (χ1v) is 8.91. The fourth-order valence-corrected chi connectivity index (χ4v) is 3.81. The number of carbonyl (C=O) groups is 1. The lowest BCUT2D eigenvalue weighted by molar-refractivity contribution is -0.117. The molecule has 5 nitrogen and oxygen atoms in total. The van der Waals surface area contributed by atoms with E-state index in [1.54, 1.807) is 5.38 Å². The van der Waals surface area contributed by atoms with Gasteiger partial charge in [-0.1, -0.05) is 29.8 Å². The summed E-state index contributed by atoms with van der Waals surface area (Å²) >= 11 is 1.38. The number of hydrogen-bond donors (Lipinski definition) is 1. The normalized spacial score (nSPS) is 13.0. The van der Waals surface area contributed by atoms with E-state index in [0.717, 1.165) is 16.1 Å². The second-order valence-corrected chi connectivity index (χ2v) is 8.04. The van der Waals surface area contributed by atoms with Gasteiger partial charge in [0.1, 0.15) is 10.3 Å². The molecule has 0 aliphatic heterocycles. The molecule has 7 heteroatoms. The first-order chi connectivity index (χ1) is 9.79. The van der Waals surface area contributed by atoms with E-state index in [2.05, 4.69) is 4.98 Å². The number of aryl methyl sites for hydroxylation is 1. The molecule has 1 amide bonds. The molecule has 1 atom stereocenters. The molecule has 21 heavy (non-hydrogen) atoms. The standard InChI is InChI=1S/C14H16N2O3S2/c1-9-3-5-11(6-4-9)14-16-12(7-20-14)8-21(18,19)10(2)13(15)17/h3-7,10H,8H2,1-2H3,(H2,15,17)/t10-/m1/s1. The van der Waals surface area contributed by atoms with Crippen molar-refractivity contribution < 1.29 is 13.2 Å². The van der Waals surface area contributed by atoms with Gasteiger partial charge in [0.05, 0.1) is 11.4 Å². The predicted molar refractivity (Wildman–Crippen MR) is 83.6 cm³/mol. The van der Waals surface area contributed by atoms with Crippen LogP contribution in [0.4, 0.5) is 0 Å². The summed E-state index contributed by atoms with van der Waals surface area (Å²) in [5, 5.41) is 1.24. The lowest BCUT2D eigenvalue weighted by Crippen LogP contribution is -2.34. The maximum Gasteiger partial charge on any atom is 0.235 e. The van der Waals surface area contributed by atoms with E-state index in [4.69, 9.17) is 5.73 Å². The summed E-state index contributed by atoms with van der Waals surface area (Å²) in [6.07, 6.45) is 0. The highest BCUT2D eigenvalue weighted by atomic mass is 32.2. The average Bonchev–Trinajstić information content (AvgIpc) is 2.86. The zero-order valence-corrected chi connectivity index (χ0v) is 13.4. The Morgan fingerprint density at radius 1 is 1.33 bits per heavy atom. The number of nitrogens with zero attached hydrogens (tertiary/aromatic N) is 1. The second kappa shape index (κ2) is 5.95. The lowest BCUT2D eigenvalue weighted by atomic mass is 10.2. The van der Waals surface area contributed by atoms with Crippen molar-refractivity contribution in [3.05, 3.63) is 40.9 Å². The highest BCUT2D eigenvalue weighted by Crippen LogP contribution is 2.25. The van der Waals surface area contributed by atoms with Crippen molar-refractivity contribution in [2.45, 2.75) is 24.9 Å². The van der Waals surface area contributed by atoms with E-state index < -0.39 is 21.0 Å². The summed E-state index contributed by atoms with van der Waals surface area (Å²) < 4.78 is 24.0. The molecular weight excluding hydrogens is 308 g/mol. The third kappa shape index (κ3) is 3.68. The number of rotatable bonds is 5. The van der Waals surface area contributed by atoms with Gasteiger partial charge in [0, 0.05) is 10.9 Å². The van der Waals surface area contributed by atoms with E-state index in [1.165, 1.54) is 18.3 Å². The van der Waals surface area contributed by atoms with Gasteiger partial charge in [-0.05, 0) is 13.8 Å². The van der Waals surface area contributed by atoms with Crippen LogP contribution < -0.4 is 5.73 Å². The van der Waals surface area contributed by atoms with Crippen molar-refractivity contribution in [2.24, 2.45) is 5.73 Å². The van der Waals surface area contributed by atoms with Gasteiger partial charge in [0.25, 0.3) is 0 Å². The molecule has 112 valence electrons. The first-order valence-electron chi connectivity index (χ1n) is 6.32. The van der Waals surface area contributed by atoms with Crippen molar-refractivity contribution in [3.8, 4) is 10.6 Å². The number of amides is 1. The maximum absolute atomic E-state index is 12.0. The molecule has 1 aromatic heterocycles. The fraction of sp³-hybridized carbons (Fsp3) is 0.286. The summed E-state index contributed by atoms with van der Waals surface area (Å²) in [6, 6.07) is 7.83. The SMILES string of the molecule is Cc1ccc(-c2nc(CS(=O)(=O)[C@H](C)C(N)=O)cs2)cc1. The highest BCUT2D eigenvalue weighted by molar-refractivity contribution is 7.92. The highest BCUT2D eigenvalue weighted by Gasteiger charge is 2.27. The molecule has 0 spiro atoms. The van der Waals surface area contributed by atoms with Crippen molar-refractivity contribution in [1.82, 2.24) is 4.98 Å². The van der Waals surface area contributed by atoms with Gasteiger partial charge in [0.15, 0.2) is 9.84 Å². The first kappa shape index (κ1) is 15.7. The van der Waals surface area contributed by atoms with Crippen LogP contribution in [0.2, 0.25) is 0 Å². The quantitative estimate of drug-likeness (QED) is 0.909. The summed E-state index contributed by atoms with van der Waals surface area (Å²) in [5.41, 5.74) is 7.57. The van der Waals surface area contributed by atoms with E-state index in [9.17, 15) is 13.2 Å². The molecule has 1 aromatic carbocycles. The molecular formula is C14H16N2O3S2. The minimum absolute atomic E-state index is 0.278. The van der Waals surface area contributed by atoms with Crippen LogP contribution in [0.15, 0.2) is 29.6 Å². The number of carbonyl (C=O) groups excluding carboxylic acids is 1. The molecule has 0 saturated carbocycles. The molecule has 0 bridgehead atoms. The van der Waals surface area contributed by atoms with Gasteiger partial charge in [-0.25, -0.2) is 13.4 Å². The molecule has 0 saturated heterocycles. The molecule has 1 heterocycles. The van der Waals surface area contributed by atoms with Crippen molar-refractivity contribution in [3.63, 3.8) is 0 Å². The Bertz CT molecular complexity index is 749. The zero-order chi connectivity index (χ0) is 15.6. The Morgan fingerprint density at radius 3 is 2.52 bits per heavy atom.